The number of carboxylic acids is 1. The average Bonchev–Trinajstić information content (AvgIpc) is 1.98. The summed E-state index contributed by atoms with van der Waals surface area (Å²) in [5, 5.41) is 8.38. The molecule has 0 aliphatic rings. The summed E-state index contributed by atoms with van der Waals surface area (Å²) in [4.78, 5) is 11.1. The first-order valence-corrected chi connectivity index (χ1v) is 3.91. The molecule has 0 spiro atoms. The highest BCUT2D eigenvalue weighted by atomic mass is 19.4. The summed E-state index contributed by atoms with van der Waals surface area (Å²) >= 11 is 0. The summed E-state index contributed by atoms with van der Waals surface area (Å²) in [5.74, 6) is -1.29. The molecule has 0 radical (unpaired) electrons. The molecule has 0 heterocycles. The van der Waals surface area contributed by atoms with Crippen LogP contribution in [0.25, 0.3) is 0 Å². The predicted molar refractivity (Wildman–Crippen MR) is 44.9 cm³/mol. The SMILES string of the molecule is C=CC(C)N(CC(=O)O)CC(F)(F)F. The monoisotopic (exact) mass is 211 g/mol. The van der Waals surface area contributed by atoms with Crippen LogP contribution < -0.4 is 0 Å². The van der Waals surface area contributed by atoms with Gasteiger partial charge in [0.2, 0.25) is 0 Å². The molecular weight excluding hydrogens is 199 g/mol. The van der Waals surface area contributed by atoms with Crippen LogP contribution in [0.2, 0.25) is 0 Å². The lowest BCUT2D eigenvalue weighted by Crippen LogP contribution is -2.42. The van der Waals surface area contributed by atoms with Gasteiger partial charge in [0.15, 0.2) is 0 Å². The van der Waals surface area contributed by atoms with Gasteiger partial charge in [-0.2, -0.15) is 13.2 Å². The zero-order valence-corrected chi connectivity index (χ0v) is 7.71. The van der Waals surface area contributed by atoms with Gasteiger partial charge in [-0.05, 0) is 6.92 Å². The van der Waals surface area contributed by atoms with E-state index in [-0.39, 0.29) is 0 Å². The summed E-state index contributed by atoms with van der Waals surface area (Å²) in [6.07, 6.45) is -3.12. The molecule has 1 atom stereocenters. The highest BCUT2D eigenvalue weighted by Gasteiger charge is 2.32. The molecule has 0 fully saturated rings. The van der Waals surface area contributed by atoms with Crippen molar-refractivity contribution in [3.8, 4) is 0 Å². The summed E-state index contributed by atoms with van der Waals surface area (Å²) < 4.78 is 36.0. The molecule has 0 aromatic rings. The molecule has 0 saturated carbocycles. The van der Waals surface area contributed by atoms with Crippen molar-refractivity contribution >= 4 is 5.97 Å². The minimum absolute atomic E-state index is 0.618. The Hall–Kier alpha value is -1.04. The Morgan fingerprint density at radius 3 is 2.43 bits per heavy atom. The third-order valence-corrected chi connectivity index (χ3v) is 1.64. The van der Waals surface area contributed by atoms with E-state index in [9.17, 15) is 18.0 Å². The van der Waals surface area contributed by atoms with Gasteiger partial charge in [-0.25, -0.2) is 0 Å². The number of halogens is 3. The van der Waals surface area contributed by atoms with Gasteiger partial charge in [0.05, 0.1) is 13.1 Å². The van der Waals surface area contributed by atoms with Gasteiger partial charge < -0.3 is 5.11 Å². The minimum atomic E-state index is -4.40. The van der Waals surface area contributed by atoms with Crippen LogP contribution in [0.15, 0.2) is 12.7 Å². The normalized spacial score (nSPS) is 14.1. The van der Waals surface area contributed by atoms with Crippen molar-refractivity contribution in [3.05, 3.63) is 12.7 Å². The van der Waals surface area contributed by atoms with Crippen LogP contribution in [-0.2, 0) is 4.79 Å². The van der Waals surface area contributed by atoms with Crippen LogP contribution in [0.1, 0.15) is 6.92 Å². The highest BCUT2D eigenvalue weighted by Crippen LogP contribution is 2.17. The summed E-state index contributed by atoms with van der Waals surface area (Å²) in [6.45, 7) is 2.89. The highest BCUT2D eigenvalue weighted by molar-refractivity contribution is 5.69. The Morgan fingerprint density at radius 1 is 1.64 bits per heavy atom. The molecule has 1 N–H and O–H groups in total. The van der Waals surface area contributed by atoms with Gasteiger partial charge in [0, 0.05) is 6.04 Å². The fourth-order valence-corrected chi connectivity index (χ4v) is 0.897. The lowest BCUT2D eigenvalue weighted by molar-refractivity contribution is -0.156. The fourth-order valence-electron chi connectivity index (χ4n) is 0.897. The molecular formula is C8H12F3NO2. The molecule has 1 unspecified atom stereocenters. The number of hydrogen-bond donors (Lipinski definition) is 1. The molecule has 0 saturated heterocycles. The van der Waals surface area contributed by atoms with E-state index in [4.69, 9.17) is 5.11 Å². The molecule has 0 bridgehead atoms. The van der Waals surface area contributed by atoms with Crippen molar-refractivity contribution in [3.63, 3.8) is 0 Å². The quantitative estimate of drug-likeness (QED) is 0.701. The van der Waals surface area contributed by atoms with Crippen molar-refractivity contribution in [2.24, 2.45) is 0 Å². The van der Waals surface area contributed by atoms with Crippen LogP contribution >= 0.6 is 0 Å². The van der Waals surface area contributed by atoms with Crippen molar-refractivity contribution in [1.82, 2.24) is 4.90 Å². The number of alkyl halides is 3. The number of rotatable bonds is 5. The molecule has 0 aliphatic heterocycles. The van der Waals surface area contributed by atoms with Gasteiger partial charge >= 0.3 is 12.1 Å². The Balaban J connectivity index is 4.39. The molecule has 0 amide bonds. The Labute approximate surface area is 79.8 Å². The lowest BCUT2D eigenvalue weighted by Gasteiger charge is -2.25. The van der Waals surface area contributed by atoms with Gasteiger partial charge in [-0.3, -0.25) is 9.69 Å². The van der Waals surface area contributed by atoms with Crippen LogP contribution in [0.3, 0.4) is 0 Å². The smallest absolute Gasteiger partial charge is 0.401 e. The van der Waals surface area contributed by atoms with E-state index in [0.29, 0.717) is 0 Å². The van der Waals surface area contributed by atoms with E-state index in [1.54, 1.807) is 0 Å². The maximum Gasteiger partial charge on any atom is 0.401 e. The fraction of sp³-hybridized carbons (Fsp3) is 0.625. The third kappa shape index (κ3) is 5.58. The van der Waals surface area contributed by atoms with Crippen LogP contribution in [0.5, 0.6) is 0 Å². The van der Waals surface area contributed by atoms with Gasteiger partial charge in [0.25, 0.3) is 0 Å². The molecule has 0 rings (SSSR count). The molecule has 0 aromatic heterocycles. The number of hydrogen-bond acceptors (Lipinski definition) is 2. The van der Waals surface area contributed by atoms with Gasteiger partial charge in [0.1, 0.15) is 0 Å². The zero-order chi connectivity index (χ0) is 11.4. The van der Waals surface area contributed by atoms with Crippen LogP contribution in [-0.4, -0.2) is 41.3 Å². The first-order valence-electron chi connectivity index (χ1n) is 3.91. The van der Waals surface area contributed by atoms with E-state index in [2.05, 4.69) is 6.58 Å². The topological polar surface area (TPSA) is 40.5 Å². The molecule has 6 heteroatoms. The average molecular weight is 211 g/mol. The minimum Gasteiger partial charge on any atom is -0.480 e. The molecule has 82 valence electrons. The Bertz CT molecular complexity index is 215. The first kappa shape index (κ1) is 13.0. The van der Waals surface area contributed by atoms with Crippen molar-refractivity contribution in [1.29, 1.82) is 0 Å². The largest absolute Gasteiger partial charge is 0.480 e. The third-order valence-electron chi connectivity index (χ3n) is 1.64. The van der Waals surface area contributed by atoms with E-state index in [1.807, 2.05) is 0 Å². The van der Waals surface area contributed by atoms with Crippen LogP contribution in [0, 0.1) is 0 Å². The Kier molecular flexibility index (Phi) is 4.62. The molecule has 0 aliphatic carbocycles. The number of nitrogens with zero attached hydrogens (tertiary/aromatic N) is 1. The van der Waals surface area contributed by atoms with E-state index in [0.717, 1.165) is 4.90 Å². The number of carboxylic acid groups (broad SMARTS) is 1. The van der Waals surface area contributed by atoms with Crippen molar-refractivity contribution < 1.29 is 23.1 Å². The second-order valence-corrected chi connectivity index (χ2v) is 2.89. The second kappa shape index (κ2) is 4.99. The molecule has 0 aromatic carbocycles. The van der Waals surface area contributed by atoms with Crippen LogP contribution in [0.4, 0.5) is 13.2 Å². The van der Waals surface area contributed by atoms with Gasteiger partial charge in [-0.1, -0.05) is 6.08 Å². The lowest BCUT2D eigenvalue weighted by atomic mass is 10.2. The van der Waals surface area contributed by atoms with Gasteiger partial charge in [-0.15, -0.1) is 6.58 Å². The summed E-state index contributed by atoms with van der Waals surface area (Å²) in [5.41, 5.74) is 0. The Morgan fingerprint density at radius 2 is 2.14 bits per heavy atom. The maximum absolute atomic E-state index is 12.0. The maximum atomic E-state index is 12.0. The van der Waals surface area contributed by atoms with E-state index >= 15 is 0 Å². The number of aliphatic carboxylic acids is 1. The predicted octanol–water partition coefficient (Wildman–Crippen LogP) is 1.51. The van der Waals surface area contributed by atoms with Crippen molar-refractivity contribution in [2.45, 2.75) is 19.1 Å². The van der Waals surface area contributed by atoms with E-state index in [1.165, 1.54) is 13.0 Å². The molecule has 3 nitrogen and oxygen atoms in total. The standard InChI is InChI=1S/C8H12F3NO2/c1-3-6(2)12(4-7(13)14)5-8(9,10)11/h3,6H,1,4-5H2,2H3,(H,13,14). The summed E-state index contributed by atoms with van der Waals surface area (Å²) in [6, 6.07) is -0.618. The first-order chi connectivity index (χ1) is 6.26. The van der Waals surface area contributed by atoms with Crippen molar-refractivity contribution in [2.75, 3.05) is 13.1 Å². The zero-order valence-electron chi connectivity index (χ0n) is 7.71. The van der Waals surface area contributed by atoms with E-state index < -0.39 is 31.3 Å². The second-order valence-electron chi connectivity index (χ2n) is 2.89. The molecule has 14 heavy (non-hydrogen) atoms. The summed E-state index contributed by atoms with van der Waals surface area (Å²) in [7, 11) is 0. The number of carbonyl (C=O) groups is 1.